The summed E-state index contributed by atoms with van der Waals surface area (Å²) in [5, 5.41) is 0.519. The van der Waals surface area contributed by atoms with Crippen molar-refractivity contribution >= 4 is 21.6 Å². The second kappa shape index (κ2) is 7.27. The minimum Gasteiger partial charge on any atom is -0.479 e. The van der Waals surface area contributed by atoms with E-state index < -0.39 is 10.0 Å². The van der Waals surface area contributed by atoms with Gasteiger partial charge >= 0.3 is 0 Å². The van der Waals surface area contributed by atoms with Gasteiger partial charge in [0.2, 0.25) is 10.0 Å². The monoisotopic (exact) mass is 287 g/mol. The van der Waals surface area contributed by atoms with E-state index in [1.807, 2.05) is 6.07 Å². The Bertz CT molecular complexity index is 546. The average molecular weight is 288 g/mol. The minimum atomic E-state index is -3.18. The molecule has 0 aliphatic heterocycles. The van der Waals surface area contributed by atoms with Crippen molar-refractivity contribution in [2.24, 2.45) is 0 Å². The Balaban J connectivity index is 2.33. The first-order valence-electron chi connectivity index (χ1n) is 5.35. The van der Waals surface area contributed by atoms with Crippen LogP contribution in [0.4, 0.5) is 0 Å². The number of hydrogen-bond acceptors (Lipinski definition) is 3. The van der Waals surface area contributed by atoms with Crippen LogP contribution in [0.25, 0.3) is 0 Å². The summed E-state index contributed by atoms with van der Waals surface area (Å²) in [6, 6.07) is 7.08. The van der Waals surface area contributed by atoms with E-state index >= 15 is 0 Å². The molecule has 4 nitrogen and oxygen atoms in total. The van der Waals surface area contributed by atoms with Gasteiger partial charge in [0.05, 0.1) is 17.3 Å². The molecule has 0 aliphatic rings. The van der Waals surface area contributed by atoms with E-state index in [0.29, 0.717) is 10.8 Å². The summed E-state index contributed by atoms with van der Waals surface area (Å²) >= 11 is 5.88. The summed E-state index contributed by atoms with van der Waals surface area (Å²) in [7, 11) is -3.18. The first kappa shape index (κ1) is 14.8. The maximum atomic E-state index is 11.1. The number of hydrogen-bond donors (Lipinski definition) is 1. The van der Waals surface area contributed by atoms with Crippen molar-refractivity contribution in [3.8, 4) is 17.6 Å². The number of sulfonamides is 1. The van der Waals surface area contributed by atoms with Gasteiger partial charge in [-0.2, -0.15) is 0 Å². The van der Waals surface area contributed by atoms with Crippen LogP contribution in [0.5, 0.6) is 5.75 Å². The molecular weight excluding hydrogens is 274 g/mol. The van der Waals surface area contributed by atoms with E-state index in [4.69, 9.17) is 16.3 Å². The van der Waals surface area contributed by atoms with Gasteiger partial charge in [-0.3, -0.25) is 0 Å². The number of halogens is 1. The summed E-state index contributed by atoms with van der Waals surface area (Å²) in [6.07, 6.45) is 0. The highest BCUT2D eigenvalue weighted by Crippen LogP contribution is 2.22. The fourth-order valence-electron chi connectivity index (χ4n) is 1.04. The molecule has 1 rings (SSSR count). The quantitative estimate of drug-likeness (QED) is 0.838. The number of nitrogens with one attached hydrogen (secondary N) is 1. The van der Waals surface area contributed by atoms with Gasteiger partial charge in [-0.05, 0) is 19.1 Å². The van der Waals surface area contributed by atoms with E-state index in [-0.39, 0.29) is 18.9 Å². The van der Waals surface area contributed by atoms with Crippen LogP contribution in [-0.4, -0.2) is 27.3 Å². The van der Waals surface area contributed by atoms with Crippen molar-refractivity contribution in [2.75, 3.05) is 18.9 Å². The molecule has 0 unspecified atom stereocenters. The molecule has 0 aliphatic carbocycles. The van der Waals surface area contributed by atoms with Gasteiger partial charge in [-0.1, -0.05) is 35.6 Å². The van der Waals surface area contributed by atoms with Crippen molar-refractivity contribution in [1.29, 1.82) is 0 Å². The minimum absolute atomic E-state index is 0.0464. The van der Waals surface area contributed by atoms with E-state index in [0.717, 1.165) is 0 Å². The molecule has 0 heterocycles. The Hall–Kier alpha value is -1.22. The molecule has 6 heteroatoms. The molecule has 0 aromatic heterocycles. The van der Waals surface area contributed by atoms with Crippen LogP contribution >= 0.6 is 11.6 Å². The average Bonchev–Trinajstić information content (AvgIpc) is 2.35. The first-order valence-corrected chi connectivity index (χ1v) is 7.38. The van der Waals surface area contributed by atoms with Crippen molar-refractivity contribution in [3.63, 3.8) is 0 Å². The molecule has 0 fully saturated rings. The number of ether oxygens (including phenoxy) is 1. The molecule has 0 atom stereocenters. The molecule has 0 spiro atoms. The molecule has 0 amide bonds. The zero-order chi connectivity index (χ0) is 13.4. The lowest BCUT2D eigenvalue weighted by Crippen LogP contribution is -2.25. The number of para-hydroxylation sites is 1. The van der Waals surface area contributed by atoms with Gasteiger partial charge in [0.15, 0.2) is 0 Å². The van der Waals surface area contributed by atoms with Gasteiger partial charge in [-0.15, -0.1) is 0 Å². The van der Waals surface area contributed by atoms with Gasteiger partial charge < -0.3 is 4.74 Å². The van der Waals surface area contributed by atoms with E-state index in [9.17, 15) is 8.42 Å². The molecule has 1 aromatic rings. The zero-order valence-corrected chi connectivity index (χ0v) is 11.5. The van der Waals surface area contributed by atoms with Gasteiger partial charge in [0.25, 0.3) is 0 Å². The highest BCUT2D eigenvalue weighted by molar-refractivity contribution is 7.89. The van der Waals surface area contributed by atoms with Crippen LogP contribution in [0.2, 0.25) is 5.02 Å². The van der Waals surface area contributed by atoms with Crippen molar-refractivity contribution in [2.45, 2.75) is 6.92 Å². The Labute approximate surface area is 112 Å². The van der Waals surface area contributed by atoms with E-state index in [1.54, 1.807) is 25.1 Å². The highest BCUT2D eigenvalue weighted by atomic mass is 35.5. The maximum absolute atomic E-state index is 11.1. The zero-order valence-electron chi connectivity index (χ0n) is 9.94. The van der Waals surface area contributed by atoms with Gasteiger partial charge in [0.1, 0.15) is 12.4 Å². The third-order valence-electron chi connectivity index (χ3n) is 2.02. The largest absolute Gasteiger partial charge is 0.479 e. The molecule has 98 valence electrons. The summed E-state index contributed by atoms with van der Waals surface area (Å²) < 4.78 is 29.8. The molecule has 0 radical (unpaired) electrons. The lowest BCUT2D eigenvalue weighted by atomic mass is 10.3. The number of benzene rings is 1. The Morgan fingerprint density at radius 1 is 1.33 bits per heavy atom. The number of rotatable bonds is 5. The Kier molecular flexibility index (Phi) is 5.99. The Morgan fingerprint density at radius 3 is 2.72 bits per heavy atom. The molecule has 0 saturated heterocycles. The van der Waals surface area contributed by atoms with Crippen LogP contribution < -0.4 is 9.46 Å². The fraction of sp³-hybridized carbons (Fsp3) is 0.333. The highest BCUT2D eigenvalue weighted by Gasteiger charge is 2.02. The molecule has 1 aromatic carbocycles. The molecule has 1 N–H and O–H groups in total. The van der Waals surface area contributed by atoms with Gasteiger partial charge in [-0.25, -0.2) is 13.1 Å². The first-order chi connectivity index (χ1) is 8.55. The lowest BCUT2D eigenvalue weighted by Gasteiger charge is -2.03. The van der Waals surface area contributed by atoms with Crippen molar-refractivity contribution < 1.29 is 13.2 Å². The second-order valence-corrected chi connectivity index (χ2v) is 5.80. The lowest BCUT2D eigenvalue weighted by molar-refractivity contribution is 0.370. The predicted octanol–water partition coefficient (Wildman–Crippen LogP) is 1.66. The van der Waals surface area contributed by atoms with Crippen molar-refractivity contribution in [3.05, 3.63) is 29.3 Å². The van der Waals surface area contributed by atoms with Crippen LogP contribution in [0, 0.1) is 11.8 Å². The Morgan fingerprint density at radius 2 is 2.06 bits per heavy atom. The normalized spacial score (nSPS) is 10.6. The summed E-state index contributed by atoms with van der Waals surface area (Å²) in [5.74, 6) is 5.96. The van der Waals surface area contributed by atoms with E-state index in [2.05, 4.69) is 16.6 Å². The molecule has 0 saturated carbocycles. The molecular formula is C12H14ClNO3S. The smallest absolute Gasteiger partial charge is 0.212 e. The summed E-state index contributed by atoms with van der Waals surface area (Å²) in [5.41, 5.74) is 0. The molecule has 18 heavy (non-hydrogen) atoms. The summed E-state index contributed by atoms with van der Waals surface area (Å²) in [6.45, 7) is 1.82. The second-order valence-electron chi connectivity index (χ2n) is 3.30. The fourth-order valence-corrected chi connectivity index (χ4v) is 1.72. The molecule has 0 bridgehead atoms. The standard InChI is InChI=1S/C12H14ClNO3S/c1-2-18(15,16)14-9-5-6-10-17-12-8-4-3-7-11(12)13/h3-4,7-8,14H,2,9-10H2,1H3. The topological polar surface area (TPSA) is 55.4 Å². The van der Waals surface area contributed by atoms with Crippen LogP contribution in [0.1, 0.15) is 6.92 Å². The van der Waals surface area contributed by atoms with Crippen molar-refractivity contribution in [1.82, 2.24) is 4.72 Å². The third-order valence-corrected chi connectivity index (χ3v) is 3.68. The predicted molar refractivity (Wildman–Crippen MR) is 72.2 cm³/mol. The van der Waals surface area contributed by atoms with E-state index in [1.165, 1.54) is 0 Å². The SMILES string of the molecule is CCS(=O)(=O)NCC#CCOc1ccccc1Cl. The van der Waals surface area contributed by atoms with Crippen LogP contribution in [-0.2, 0) is 10.0 Å². The third kappa shape index (κ3) is 5.41. The summed E-state index contributed by atoms with van der Waals surface area (Å²) in [4.78, 5) is 0. The maximum Gasteiger partial charge on any atom is 0.212 e. The van der Waals surface area contributed by atoms with Crippen LogP contribution in [0.3, 0.4) is 0 Å². The van der Waals surface area contributed by atoms with Crippen LogP contribution in [0.15, 0.2) is 24.3 Å². The van der Waals surface area contributed by atoms with Gasteiger partial charge in [0, 0.05) is 0 Å².